The van der Waals surface area contributed by atoms with E-state index in [1.807, 2.05) is 19.4 Å². The molecule has 0 saturated carbocycles. The minimum absolute atomic E-state index is 0.564. The first kappa shape index (κ1) is 12.7. The van der Waals surface area contributed by atoms with E-state index >= 15 is 0 Å². The lowest BCUT2D eigenvalue weighted by Gasteiger charge is -2.08. The zero-order valence-electron chi connectivity index (χ0n) is 12.0. The predicted molar refractivity (Wildman–Crippen MR) is 78.4 cm³/mol. The summed E-state index contributed by atoms with van der Waals surface area (Å²) >= 11 is 0. The highest BCUT2D eigenvalue weighted by molar-refractivity contribution is 5.91. The highest BCUT2D eigenvalue weighted by atomic mass is 15.1. The van der Waals surface area contributed by atoms with Gasteiger partial charge in [-0.25, -0.2) is 15.0 Å². The minimum atomic E-state index is 0.564. The summed E-state index contributed by atoms with van der Waals surface area (Å²) in [6.45, 7) is 7.73. The molecule has 0 spiro atoms. The number of imidazole rings is 1. The van der Waals surface area contributed by atoms with Crippen LogP contribution in [0.5, 0.6) is 0 Å². The summed E-state index contributed by atoms with van der Waals surface area (Å²) in [6.07, 6.45) is 5.57. The Morgan fingerprint density at radius 3 is 2.65 bits per heavy atom. The SMILES string of the molecule is Cc1nc(N)c2c(C)c(C)n(CCn3ccnc3)c2n1. The minimum Gasteiger partial charge on any atom is -0.383 e. The van der Waals surface area contributed by atoms with Crippen LogP contribution in [0, 0.1) is 20.8 Å². The second-order valence-corrected chi connectivity index (χ2v) is 5.02. The van der Waals surface area contributed by atoms with Crippen LogP contribution in [0.15, 0.2) is 18.7 Å². The molecule has 0 unspecified atom stereocenters. The van der Waals surface area contributed by atoms with Gasteiger partial charge in [-0.2, -0.15) is 0 Å². The van der Waals surface area contributed by atoms with E-state index in [9.17, 15) is 0 Å². The third kappa shape index (κ3) is 1.93. The molecule has 3 aromatic rings. The number of nitrogen functional groups attached to an aromatic ring is 1. The summed E-state index contributed by atoms with van der Waals surface area (Å²) in [5, 5.41) is 0.971. The van der Waals surface area contributed by atoms with E-state index in [0.29, 0.717) is 11.6 Å². The van der Waals surface area contributed by atoms with Gasteiger partial charge in [0.25, 0.3) is 0 Å². The molecule has 3 aromatic heterocycles. The van der Waals surface area contributed by atoms with Gasteiger partial charge in [0.2, 0.25) is 0 Å². The van der Waals surface area contributed by atoms with Crippen molar-refractivity contribution in [3.05, 3.63) is 35.8 Å². The zero-order chi connectivity index (χ0) is 14.3. The summed E-state index contributed by atoms with van der Waals surface area (Å²) in [5.74, 6) is 1.27. The van der Waals surface area contributed by atoms with Crippen molar-refractivity contribution in [3.8, 4) is 0 Å². The monoisotopic (exact) mass is 270 g/mol. The predicted octanol–water partition coefficient (Wildman–Crippen LogP) is 1.84. The second-order valence-electron chi connectivity index (χ2n) is 5.02. The van der Waals surface area contributed by atoms with Gasteiger partial charge in [-0.05, 0) is 26.3 Å². The van der Waals surface area contributed by atoms with Gasteiger partial charge in [0.05, 0.1) is 11.7 Å². The normalized spacial score (nSPS) is 11.3. The maximum Gasteiger partial charge on any atom is 0.146 e. The number of hydrogen-bond donors (Lipinski definition) is 1. The fourth-order valence-electron chi connectivity index (χ4n) is 2.58. The number of aromatic nitrogens is 5. The van der Waals surface area contributed by atoms with Crippen molar-refractivity contribution in [1.29, 1.82) is 0 Å². The molecule has 2 N–H and O–H groups in total. The first-order valence-corrected chi connectivity index (χ1v) is 6.63. The van der Waals surface area contributed by atoms with Gasteiger partial charge in [-0.1, -0.05) is 0 Å². The van der Waals surface area contributed by atoms with E-state index < -0.39 is 0 Å². The van der Waals surface area contributed by atoms with Crippen LogP contribution in [-0.2, 0) is 13.1 Å². The van der Waals surface area contributed by atoms with E-state index in [0.717, 1.165) is 29.7 Å². The summed E-state index contributed by atoms with van der Waals surface area (Å²) < 4.78 is 4.26. The van der Waals surface area contributed by atoms with E-state index in [2.05, 4.69) is 37.9 Å². The highest BCUT2D eigenvalue weighted by Crippen LogP contribution is 2.27. The van der Waals surface area contributed by atoms with E-state index in [-0.39, 0.29) is 0 Å². The van der Waals surface area contributed by atoms with Gasteiger partial charge in [0, 0.05) is 31.2 Å². The van der Waals surface area contributed by atoms with Crippen molar-refractivity contribution in [2.24, 2.45) is 0 Å². The molecule has 3 heterocycles. The van der Waals surface area contributed by atoms with Crippen LogP contribution in [0.4, 0.5) is 5.82 Å². The summed E-state index contributed by atoms with van der Waals surface area (Å²) in [6, 6.07) is 0. The van der Waals surface area contributed by atoms with Crippen LogP contribution in [-0.4, -0.2) is 24.1 Å². The van der Waals surface area contributed by atoms with E-state index in [1.165, 1.54) is 5.69 Å². The first-order chi connectivity index (χ1) is 9.58. The number of nitrogens with zero attached hydrogens (tertiary/aromatic N) is 5. The number of anilines is 1. The molecular weight excluding hydrogens is 252 g/mol. The Hall–Kier alpha value is -2.37. The van der Waals surface area contributed by atoms with Gasteiger partial charge in [-0.3, -0.25) is 0 Å². The van der Waals surface area contributed by atoms with Crippen LogP contribution >= 0.6 is 0 Å². The Morgan fingerprint density at radius 1 is 1.15 bits per heavy atom. The molecule has 0 fully saturated rings. The van der Waals surface area contributed by atoms with Crippen LogP contribution in [0.3, 0.4) is 0 Å². The zero-order valence-corrected chi connectivity index (χ0v) is 12.0. The Bertz CT molecular complexity index is 754. The van der Waals surface area contributed by atoms with Crippen molar-refractivity contribution >= 4 is 16.9 Å². The van der Waals surface area contributed by atoms with Crippen molar-refractivity contribution in [2.45, 2.75) is 33.9 Å². The molecule has 0 aliphatic carbocycles. The lowest BCUT2D eigenvalue weighted by atomic mass is 10.2. The van der Waals surface area contributed by atoms with Gasteiger partial charge < -0.3 is 14.9 Å². The highest BCUT2D eigenvalue weighted by Gasteiger charge is 2.15. The van der Waals surface area contributed by atoms with Crippen molar-refractivity contribution in [1.82, 2.24) is 24.1 Å². The molecule has 0 aliphatic rings. The molecule has 104 valence electrons. The second kappa shape index (κ2) is 4.63. The smallest absolute Gasteiger partial charge is 0.146 e. The topological polar surface area (TPSA) is 74.5 Å². The molecular formula is C14H18N6. The Morgan fingerprint density at radius 2 is 1.95 bits per heavy atom. The molecule has 0 bridgehead atoms. The van der Waals surface area contributed by atoms with Crippen LogP contribution in [0.2, 0.25) is 0 Å². The molecule has 6 heteroatoms. The number of fused-ring (bicyclic) bond motifs is 1. The van der Waals surface area contributed by atoms with E-state index in [1.54, 1.807) is 6.20 Å². The first-order valence-electron chi connectivity index (χ1n) is 6.63. The molecule has 6 nitrogen and oxygen atoms in total. The quantitative estimate of drug-likeness (QED) is 0.788. The fraction of sp³-hybridized carbons (Fsp3) is 0.357. The molecule has 3 rings (SSSR count). The number of aryl methyl sites for hydroxylation is 4. The average Bonchev–Trinajstić information content (AvgIpc) is 2.97. The largest absolute Gasteiger partial charge is 0.383 e. The van der Waals surface area contributed by atoms with E-state index in [4.69, 9.17) is 5.73 Å². The lowest BCUT2D eigenvalue weighted by Crippen LogP contribution is -2.08. The standard InChI is InChI=1S/C14H18N6/c1-9-10(2)20(7-6-19-5-4-16-8-19)14-12(9)13(15)17-11(3)18-14/h4-5,8H,6-7H2,1-3H3,(H2,15,17,18). The summed E-state index contributed by atoms with van der Waals surface area (Å²) in [4.78, 5) is 12.9. The van der Waals surface area contributed by atoms with Crippen LogP contribution in [0.25, 0.3) is 11.0 Å². The molecule has 0 amide bonds. The molecule has 0 radical (unpaired) electrons. The summed E-state index contributed by atoms with van der Waals surface area (Å²) in [5.41, 5.74) is 9.32. The Balaban J connectivity index is 2.07. The van der Waals surface area contributed by atoms with Crippen LogP contribution < -0.4 is 5.73 Å². The number of hydrogen-bond acceptors (Lipinski definition) is 4. The fourth-order valence-corrected chi connectivity index (χ4v) is 2.58. The average molecular weight is 270 g/mol. The van der Waals surface area contributed by atoms with Crippen LogP contribution in [0.1, 0.15) is 17.1 Å². The third-order valence-electron chi connectivity index (χ3n) is 3.75. The van der Waals surface area contributed by atoms with Gasteiger partial charge in [0.15, 0.2) is 0 Å². The third-order valence-corrected chi connectivity index (χ3v) is 3.75. The van der Waals surface area contributed by atoms with Gasteiger partial charge >= 0.3 is 0 Å². The maximum absolute atomic E-state index is 6.05. The van der Waals surface area contributed by atoms with Crippen molar-refractivity contribution in [2.75, 3.05) is 5.73 Å². The molecule has 0 atom stereocenters. The molecule has 0 aromatic carbocycles. The number of rotatable bonds is 3. The Kier molecular flexibility index (Phi) is 2.93. The maximum atomic E-state index is 6.05. The van der Waals surface area contributed by atoms with Crippen molar-refractivity contribution < 1.29 is 0 Å². The lowest BCUT2D eigenvalue weighted by molar-refractivity contribution is 0.579. The van der Waals surface area contributed by atoms with Gasteiger partial charge in [-0.15, -0.1) is 0 Å². The van der Waals surface area contributed by atoms with Crippen molar-refractivity contribution in [3.63, 3.8) is 0 Å². The number of nitrogens with two attached hydrogens (primary N) is 1. The molecule has 0 saturated heterocycles. The summed E-state index contributed by atoms with van der Waals surface area (Å²) in [7, 11) is 0. The Labute approximate surface area is 117 Å². The molecule has 20 heavy (non-hydrogen) atoms. The van der Waals surface area contributed by atoms with Gasteiger partial charge in [0.1, 0.15) is 17.3 Å². The molecule has 0 aliphatic heterocycles.